The number of thiocyanates is 1. The second-order valence-electron chi connectivity index (χ2n) is 5.16. The van der Waals surface area contributed by atoms with E-state index < -0.39 is 0 Å². The topological polar surface area (TPSA) is 53.2 Å². The first kappa shape index (κ1) is 16.0. The fraction of sp³-hybridized carbons (Fsp3) is 0.0500. The van der Waals surface area contributed by atoms with Gasteiger partial charge in [-0.05, 0) is 59.3 Å². The maximum atomic E-state index is 9.43. The molecule has 0 saturated heterocycles. The van der Waals surface area contributed by atoms with Crippen LogP contribution in [0.1, 0.15) is 16.4 Å². The van der Waals surface area contributed by atoms with Gasteiger partial charge in [0.1, 0.15) is 22.6 Å². The average Bonchev–Trinajstić information content (AvgIpc) is 2.62. The van der Waals surface area contributed by atoms with Gasteiger partial charge in [-0.3, -0.25) is 0 Å². The Kier molecular flexibility index (Phi) is 5.05. The Labute approximate surface area is 145 Å². The van der Waals surface area contributed by atoms with Crippen molar-refractivity contribution in [3.63, 3.8) is 0 Å². The summed E-state index contributed by atoms with van der Waals surface area (Å²) in [4.78, 5) is 0. The number of benzene rings is 3. The maximum Gasteiger partial charge on any atom is 0.134 e. The van der Waals surface area contributed by atoms with Gasteiger partial charge in [-0.15, -0.1) is 0 Å². The minimum atomic E-state index is -0.110. The van der Waals surface area contributed by atoms with Crippen LogP contribution in [0.15, 0.2) is 78.9 Å². The van der Waals surface area contributed by atoms with Crippen LogP contribution in [0.2, 0.25) is 0 Å². The van der Waals surface area contributed by atoms with Crippen molar-refractivity contribution in [1.82, 2.24) is 0 Å². The second-order valence-corrected chi connectivity index (χ2v) is 6.05. The summed E-state index contributed by atoms with van der Waals surface area (Å²) in [5.41, 5.74) is 1.98. The van der Waals surface area contributed by atoms with Gasteiger partial charge in [0.2, 0.25) is 0 Å². The molecule has 3 nitrogen and oxygen atoms in total. The minimum Gasteiger partial charge on any atom is -0.508 e. The van der Waals surface area contributed by atoms with Crippen LogP contribution in [-0.2, 0) is 0 Å². The van der Waals surface area contributed by atoms with Crippen molar-refractivity contribution in [2.24, 2.45) is 0 Å². The van der Waals surface area contributed by atoms with Crippen molar-refractivity contribution in [2.75, 3.05) is 0 Å². The third-order valence-corrected chi connectivity index (χ3v) is 4.41. The lowest BCUT2D eigenvalue weighted by atomic mass is 10.0. The normalized spacial score (nSPS) is 11.5. The Balaban J connectivity index is 1.81. The van der Waals surface area contributed by atoms with Gasteiger partial charge in [-0.25, -0.2) is 0 Å². The first-order chi connectivity index (χ1) is 11.8. The highest BCUT2D eigenvalue weighted by atomic mass is 32.2. The molecule has 0 aliphatic heterocycles. The fourth-order valence-electron chi connectivity index (χ4n) is 2.37. The molecule has 3 rings (SSSR count). The van der Waals surface area contributed by atoms with Gasteiger partial charge in [-0.2, -0.15) is 5.26 Å². The molecule has 0 fully saturated rings. The van der Waals surface area contributed by atoms with E-state index in [9.17, 15) is 5.11 Å². The molecule has 24 heavy (non-hydrogen) atoms. The molecule has 118 valence electrons. The van der Waals surface area contributed by atoms with Crippen LogP contribution in [0.3, 0.4) is 0 Å². The zero-order chi connectivity index (χ0) is 16.8. The van der Waals surface area contributed by atoms with Crippen LogP contribution < -0.4 is 4.74 Å². The highest BCUT2D eigenvalue weighted by Gasteiger charge is 2.15. The minimum absolute atomic E-state index is 0.110. The average molecular weight is 333 g/mol. The van der Waals surface area contributed by atoms with Crippen molar-refractivity contribution in [1.29, 1.82) is 5.26 Å². The molecule has 0 aliphatic carbocycles. The molecule has 0 amide bonds. The molecule has 0 heterocycles. The van der Waals surface area contributed by atoms with Gasteiger partial charge in [-0.1, -0.05) is 42.5 Å². The van der Waals surface area contributed by atoms with E-state index in [2.05, 4.69) is 5.40 Å². The highest BCUT2D eigenvalue weighted by Crippen LogP contribution is 2.36. The second kappa shape index (κ2) is 7.58. The van der Waals surface area contributed by atoms with E-state index in [0.29, 0.717) is 0 Å². The van der Waals surface area contributed by atoms with E-state index in [1.165, 1.54) is 11.8 Å². The number of hydrogen-bond donors (Lipinski definition) is 1. The zero-order valence-electron chi connectivity index (χ0n) is 12.8. The lowest BCUT2D eigenvalue weighted by molar-refractivity contribution is 0.475. The number of ether oxygens (including phenoxy) is 1. The van der Waals surface area contributed by atoms with Gasteiger partial charge in [0.05, 0.1) is 5.25 Å². The number of hydrogen-bond acceptors (Lipinski definition) is 4. The molecule has 0 aliphatic rings. The van der Waals surface area contributed by atoms with E-state index in [4.69, 9.17) is 10.00 Å². The molecule has 1 atom stereocenters. The molecule has 0 aromatic heterocycles. The molecule has 0 spiro atoms. The van der Waals surface area contributed by atoms with Gasteiger partial charge in [0.25, 0.3) is 0 Å². The largest absolute Gasteiger partial charge is 0.508 e. The molecule has 1 unspecified atom stereocenters. The van der Waals surface area contributed by atoms with Crippen LogP contribution in [0.5, 0.6) is 17.2 Å². The standard InChI is InChI=1S/C20H15NO2S/c21-14-24-20(15-6-10-17(22)11-7-15)16-8-12-19(13-9-16)23-18-4-2-1-3-5-18/h1-13,20,22H. The smallest absolute Gasteiger partial charge is 0.134 e. The number of aromatic hydroxyl groups is 1. The summed E-state index contributed by atoms with van der Waals surface area (Å²) < 4.78 is 5.79. The number of phenolic OH excluding ortho intramolecular Hbond substituents is 1. The molecular formula is C20H15NO2S. The van der Waals surface area contributed by atoms with E-state index in [1.807, 2.05) is 66.7 Å². The fourth-order valence-corrected chi connectivity index (χ4v) is 3.06. The maximum absolute atomic E-state index is 9.43. The summed E-state index contributed by atoms with van der Waals surface area (Å²) in [6.45, 7) is 0. The predicted molar refractivity (Wildman–Crippen MR) is 96.1 cm³/mol. The first-order valence-corrected chi connectivity index (χ1v) is 8.31. The van der Waals surface area contributed by atoms with E-state index in [-0.39, 0.29) is 11.0 Å². The number of nitriles is 1. The third kappa shape index (κ3) is 3.89. The number of phenols is 1. The molecule has 4 heteroatoms. The Morgan fingerprint density at radius 1 is 0.792 bits per heavy atom. The quantitative estimate of drug-likeness (QED) is 0.627. The Hall–Kier alpha value is -2.90. The summed E-state index contributed by atoms with van der Waals surface area (Å²) >= 11 is 1.18. The summed E-state index contributed by atoms with van der Waals surface area (Å²) in [6.07, 6.45) is 0. The van der Waals surface area contributed by atoms with Crippen molar-refractivity contribution >= 4 is 11.8 Å². The van der Waals surface area contributed by atoms with Gasteiger partial charge in [0.15, 0.2) is 0 Å². The lowest BCUT2D eigenvalue weighted by Gasteiger charge is -2.15. The highest BCUT2D eigenvalue weighted by molar-refractivity contribution is 8.04. The predicted octanol–water partition coefficient (Wildman–Crippen LogP) is 5.49. The SMILES string of the molecule is N#CSC(c1ccc(O)cc1)c1ccc(Oc2ccccc2)cc1. The number of rotatable bonds is 5. The van der Waals surface area contributed by atoms with Gasteiger partial charge < -0.3 is 9.84 Å². The molecule has 3 aromatic rings. The van der Waals surface area contributed by atoms with Crippen LogP contribution >= 0.6 is 11.8 Å². The van der Waals surface area contributed by atoms with Crippen molar-refractivity contribution in [3.05, 3.63) is 90.0 Å². The van der Waals surface area contributed by atoms with Gasteiger partial charge in [0, 0.05) is 0 Å². The molecule has 0 saturated carbocycles. The van der Waals surface area contributed by atoms with Gasteiger partial charge >= 0.3 is 0 Å². The number of para-hydroxylation sites is 1. The van der Waals surface area contributed by atoms with E-state index in [1.54, 1.807) is 12.1 Å². The van der Waals surface area contributed by atoms with E-state index >= 15 is 0 Å². The number of nitrogens with zero attached hydrogens (tertiary/aromatic N) is 1. The van der Waals surface area contributed by atoms with Crippen molar-refractivity contribution < 1.29 is 9.84 Å². The van der Waals surface area contributed by atoms with Crippen LogP contribution in [0.4, 0.5) is 0 Å². The molecular weight excluding hydrogens is 318 g/mol. The molecule has 1 N–H and O–H groups in total. The first-order valence-electron chi connectivity index (χ1n) is 7.43. The monoisotopic (exact) mass is 333 g/mol. The lowest BCUT2D eigenvalue weighted by Crippen LogP contribution is -1.96. The van der Waals surface area contributed by atoms with Crippen molar-refractivity contribution in [2.45, 2.75) is 5.25 Å². The Morgan fingerprint density at radius 3 is 1.92 bits per heavy atom. The Bertz CT molecular complexity index is 824. The zero-order valence-corrected chi connectivity index (χ0v) is 13.6. The molecule has 0 radical (unpaired) electrons. The molecule has 3 aromatic carbocycles. The third-order valence-electron chi connectivity index (χ3n) is 3.53. The van der Waals surface area contributed by atoms with E-state index in [0.717, 1.165) is 22.6 Å². The summed E-state index contributed by atoms with van der Waals surface area (Å²) in [5.74, 6) is 1.74. The summed E-state index contributed by atoms with van der Waals surface area (Å²) in [7, 11) is 0. The summed E-state index contributed by atoms with van der Waals surface area (Å²) in [5, 5.41) is 20.6. The van der Waals surface area contributed by atoms with Crippen LogP contribution in [0, 0.1) is 10.7 Å². The molecule has 0 bridgehead atoms. The Morgan fingerprint density at radius 2 is 1.33 bits per heavy atom. The summed E-state index contributed by atoms with van der Waals surface area (Å²) in [6, 6.07) is 24.2. The van der Waals surface area contributed by atoms with Crippen LogP contribution in [-0.4, -0.2) is 5.11 Å². The number of thioether (sulfide) groups is 1. The van der Waals surface area contributed by atoms with Crippen molar-refractivity contribution in [3.8, 4) is 22.6 Å². The van der Waals surface area contributed by atoms with Crippen LogP contribution in [0.25, 0.3) is 0 Å².